The van der Waals surface area contributed by atoms with Gasteiger partial charge in [-0.1, -0.05) is 27.7 Å². The van der Waals surface area contributed by atoms with E-state index in [-0.39, 0.29) is 50.8 Å². The molecule has 270 valence electrons. The summed E-state index contributed by atoms with van der Waals surface area (Å²) in [6.45, 7) is 1.75. The molecule has 5 atom stereocenters. The Bertz CT molecular complexity index is 1480. The lowest BCUT2D eigenvalue weighted by Gasteiger charge is -2.29. The van der Waals surface area contributed by atoms with E-state index < -0.39 is 59.4 Å². The minimum absolute atomic E-state index is 0.0165. The van der Waals surface area contributed by atoms with Crippen molar-refractivity contribution in [2.45, 2.75) is 31.2 Å². The number of hydrogen-bond acceptors (Lipinski definition) is 19. The molecule has 1 aromatic heterocycles. The number of nitrogens with zero attached hydrogens (tertiary/aromatic N) is 5. The highest BCUT2D eigenvalue weighted by Crippen LogP contribution is 2.31. The summed E-state index contributed by atoms with van der Waals surface area (Å²) < 4.78 is 45.8. The van der Waals surface area contributed by atoms with Gasteiger partial charge in [-0.05, 0) is 12.6 Å². The Kier molecular flexibility index (Phi) is 14.5. The number of nitrogen functional groups attached to an aromatic ring is 1. The number of halogens is 1. The average molecular weight is 750 g/mol. The maximum absolute atomic E-state index is 13.7. The third-order valence-electron chi connectivity index (χ3n) is 6.86. The van der Waals surface area contributed by atoms with Gasteiger partial charge >= 0.3 is 24.0 Å². The monoisotopic (exact) mass is 749 g/mol. The van der Waals surface area contributed by atoms with Crippen molar-refractivity contribution in [1.82, 2.24) is 14.5 Å². The first-order valence-corrected chi connectivity index (χ1v) is 18.4. The highest BCUT2D eigenvalue weighted by Gasteiger charge is 2.36. The van der Waals surface area contributed by atoms with E-state index in [9.17, 15) is 28.7 Å². The van der Waals surface area contributed by atoms with Crippen LogP contribution in [0.4, 0.5) is 19.8 Å². The number of carbonyl (C=O) groups is 3. The zero-order valence-electron chi connectivity index (χ0n) is 26.2. The van der Waals surface area contributed by atoms with E-state index in [4.69, 9.17) is 39.9 Å². The Morgan fingerprint density at radius 2 is 1.82 bits per heavy atom. The summed E-state index contributed by atoms with van der Waals surface area (Å²) in [4.78, 5) is 60.6. The van der Waals surface area contributed by atoms with Crippen LogP contribution in [-0.4, -0.2) is 118 Å². The molecule has 1 saturated heterocycles. The molecule has 0 saturated carbocycles. The van der Waals surface area contributed by atoms with Gasteiger partial charge in [-0.25, -0.2) is 23.8 Å². The Morgan fingerprint density at radius 3 is 2.53 bits per heavy atom. The first-order valence-electron chi connectivity index (χ1n) is 14.8. The summed E-state index contributed by atoms with van der Waals surface area (Å²) >= 11 is 1.28. The quantitative estimate of drug-likeness (QED) is 0.0891. The van der Waals surface area contributed by atoms with Gasteiger partial charge in [0, 0.05) is 36.6 Å². The molecule has 18 nitrogen and oxygen atoms in total. The smallest absolute Gasteiger partial charge is 0.496 e. The summed E-state index contributed by atoms with van der Waals surface area (Å²) in [5.74, 6) is -1.45. The number of carbonyl (C=O) groups excluding carboxylic acids is 3. The van der Waals surface area contributed by atoms with Crippen LogP contribution in [0.1, 0.15) is 19.6 Å². The molecule has 0 amide bonds. The molecule has 0 spiro atoms. The van der Waals surface area contributed by atoms with Crippen LogP contribution in [0.25, 0.3) is 0 Å². The maximum Gasteiger partial charge on any atom is 0.508 e. The summed E-state index contributed by atoms with van der Waals surface area (Å²) in [5, 5.41) is 10.0. The summed E-state index contributed by atoms with van der Waals surface area (Å²) in [5.41, 5.74) is 9.64. The molecule has 1 aromatic rings. The molecule has 0 aliphatic carbocycles. The number of aliphatic hydroxyl groups is 1. The van der Waals surface area contributed by atoms with Crippen LogP contribution in [0.5, 0.6) is 0 Å². The molecule has 0 bridgehead atoms. The van der Waals surface area contributed by atoms with Crippen LogP contribution in [0.3, 0.4) is 0 Å². The number of hydrogen-bond donors (Lipinski definition) is 3. The lowest BCUT2D eigenvalue weighted by Crippen LogP contribution is -2.40. The lowest BCUT2D eigenvalue weighted by molar-refractivity contribution is -0.142. The van der Waals surface area contributed by atoms with E-state index in [0.29, 0.717) is 30.2 Å². The van der Waals surface area contributed by atoms with Crippen molar-refractivity contribution >= 4 is 69.3 Å². The van der Waals surface area contributed by atoms with Gasteiger partial charge in [-0.2, -0.15) is 9.98 Å². The first kappa shape index (κ1) is 37.9. The Labute approximate surface area is 291 Å². The second kappa shape index (κ2) is 18.8. The van der Waals surface area contributed by atoms with Crippen molar-refractivity contribution in [3.8, 4) is 0 Å². The van der Waals surface area contributed by atoms with Crippen molar-refractivity contribution in [1.29, 1.82) is 0 Å². The molecule has 1 fully saturated rings. The van der Waals surface area contributed by atoms with E-state index in [1.807, 2.05) is 4.90 Å². The summed E-state index contributed by atoms with van der Waals surface area (Å²) in [7, 11) is 2.79. The van der Waals surface area contributed by atoms with Crippen molar-refractivity contribution in [3.63, 3.8) is 0 Å². The van der Waals surface area contributed by atoms with Crippen LogP contribution in [0.2, 0.25) is 0 Å². The number of anilines is 1. The molecule has 0 aromatic carbocycles. The Morgan fingerprint density at radius 1 is 1.12 bits per heavy atom. The number of nitrogens with two attached hydrogens (primary N) is 2. The van der Waals surface area contributed by atoms with Crippen molar-refractivity contribution in [3.05, 3.63) is 34.8 Å². The standard InChI is InChI=1S/C27H36FN7O11S3/c1-15(36)43-11-16(2-4-34-5-3-17-22(34)32-24(30)33-23(17)37)12-44-26(39)41-6-8-48-49-9-7-42-27(40)45-13-20-46-19(14-47-20)35-10-18(28)21(29)31-25(35)38/h3,5,10,16-17,19-20,22H,2,4,6-9,11-14H2,1H3,(H2,29,31,38)(H3,30,32,33,37)/t16?,17?,19?,20-,22?/m1/s1. The van der Waals surface area contributed by atoms with Crippen LogP contribution in [0, 0.1) is 17.7 Å². The minimum atomic E-state index is -0.893. The molecule has 3 aliphatic heterocycles. The van der Waals surface area contributed by atoms with E-state index in [1.165, 1.54) is 40.3 Å². The second-order valence-corrected chi connectivity index (χ2v) is 14.3. The molecule has 22 heteroatoms. The number of aliphatic hydroxyl groups excluding tert-OH is 1. The van der Waals surface area contributed by atoms with Crippen LogP contribution in [-0.2, 0) is 33.2 Å². The number of aromatic nitrogens is 2. The fraction of sp³-hybridized carbons (Fsp3) is 0.593. The molecule has 4 unspecified atom stereocenters. The molecule has 4 heterocycles. The van der Waals surface area contributed by atoms with Crippen LogP contribution in [0.15, 0.2) is 33.3 Å². The number of fused-ring (bicyclic) bond motifs is 1. The predicted octanol–water partition coefficient (Wildman–Crippen LogP) is 1.87. The molecule has 4 rings (SSSR count). The van der Waals surface area contributed by atoms with Gasteiger partial charge in [-0.3, -0.25) is 9.36 Å². The zero-order chi connectivity index (χ0) is 35.3. The van der Waals surface area contributed by atoms with Gasteiger partial charge in [0.2, 0.25) is 5.96 Å². The highest BCUT2D eigenvalue weighted by molar-refractivity contribution is 8.76. The summed E-state index contributed by atoms with van der Waals surface area (Å²) in [6, 6.07) is 0. The normalized spacial score (nSPS) is 21.7. The van der Waals surface area contributed by atoms with Crippen molar-refractivity contribution < 1.29 is 52.3 Å². The third-order valence-corrected chi connectivity index (χ3v) is 10.3. The van der Waals surface area contributed by atoms with Gasteiger partial charge in [0.25, 0.3) is 0 Å². The van der Waals surface area contributed by atoms with Gasteiger partial charge in [0.05, 0.1) is 18.7 Å². The van der Waals surface area contributed by atoms with E-state index >= 15 is 0 Å². The number of esters is 1. The number of ether oxygens (including phenoxy) is 6. The highest BCUT2D eigenvalue weighted by atomic mass is 33.1. The topological polar surface area (TPSA) is 242 Å². The van der Waals surface area contributed by atoms with Gasteiger partial charge in [-0.15, -0.1) is 11.8 Å². The maximum atomic E-state index is 13.7. The molecular weight excluding hydrogens is 714 g/mol. The van der Waals surface area contributed by atoms with E-state index in [2.05, 4.69) is 15.0 Å². The SMILES string of the molecule is CC(=O)OCC(CCN1C=CC2C(O)=NC(N)=NC21)COC(=O)OCCSSCCOC(=O)OC[C@@H]1OC(n2cc(F)c(N)nc2=O)CS1. The third kappa shape index (κ3) is 11.9. The number of thioether (sulfide) groups is 1. The van der Waals surface area contributed by atoms with E-state index in [0.717, 1.165) is 10.8 Å². The number of guanidine groups is 1. The Balaban J connectivity index is 1.02. The minimum Gasteiger partial charge on any atom is -0.496 e. The van der Waals surface area contributed by atoms with E-state index in [1.54, 1.807) is 12.3 Å². The zero-order valence-corrected chi connectivity index (χ0v) is 28.7. The van der Waals surface area contributed by atoms with Gasteiger partial charge < -0.3 is 49.9 Å². The molecular formula is C27H36FN7O11S3. The van der Waals surface area contributed by atoms with Crippen molar-refractivity contribution in [2.75, 3.05) is 62.6 Å². The first-order chi connectivity index (χ1) is 23.5. The largest absolute Gasteiger partial charge is 0.508 e. The van der Waals surface area contributed by atoms with Crippen LogP contribution >= 0.6 is 33.3 Å². The average Bonchev–Trinajstić information content (AvgIpc) is 3.70. The molecule has 3 aliphatic rings. The van der Waals surface area contributed by atoms with Crippen LogP contribution < -0.4 is 17.2 Å². The predicted molar refractivity (Wildman–Crippen MR) is 178 cm³/mol. The number of rotatable bonds is 17. The van der Waals surface area contributed by atoms with Gasteiger partial charge in [0.15, 0.2) is 17.5 Å². The van der Waals surface area contributed by atoms with Crippen molar-refractivity contribution in [2.24, 2.45) is 27.6 Å². The second-order valence-electron chi connectivity index (χ2n) is 10.4. The summed E-state index contributed by atoms with van der Waals surface area (Å²) in [6.07, 6.45) is 1.99. The lowest BCUT2D eigenvalue weighted by atomic mass is 10.1. The molecule has 49 heavy (non-hydrogen) atoms. The fourth-order valence-corrected chi connectivity index (χ4v) is 7.14. The Hall–Kier alpha value is -3.89. The fourth-order valence-electron chi connectivity index (χ4n) is 4.50. The van der Waals surface area contributed by atoms with Gasteiger partial charge in [0.1, 0.15) is 44.3 Å². The molecule has 5 N–H and O–H groups in total. The molecule has 0 radical (unpaired) electrons. The number of aliphatic imine (C=N–C) groups is 2.